The molecule has 0 radical (unpaired) electrons. The summed E-state index contributed by atoms with van der Waals surface area (Å²) >= 11 is 15.6. The van der Waals surface area contributed by atoms with Gasteiger partial charge in [-0.15, -0.1) is 0 Å². The number of hydrogen-bond donors (Lipinski definition) is 0. The van der Waals surface area contributed by atoms with Gasteiger partial charge in [0.15, 0.2) is 0 Å². The first-order chi connectivity index (χ1) is 13.8. The predicted octanol–water partition coefficient (Wildman–Crippen LogP) is 4.75. The van der Waals surface area contributed by atoms with Crippen molar-refractivity contribution in [3.05, 3.63) is 56.5 Å². The van der Waals surface area contributed by atoms with Crippen LogP contribution >= 0.6 is 39.1 Å². The Morgan fingerprint density at radius 1 is 1.10 bits per heavy atom. The van der Waals surface area contributed by atoms with Gasteiger partial charge in [-0.05, 0) is 61.2 Å². The smallest absolute Gasteiger partial charge is 0.244 e. The maximum Gasteiger partial charge on any atom is 0.244 e. The third-order valence-corrected chi connectivity index (χ3v) is 8.52. The highest BCUT2D eigenvalue weighted by molar-refractivity contribution is 9.10. The van der Waals surface area contributed by atoms with E-state index in [0.29, 0.717) is 31.0 Å². The Hall–Kier alpha value is -1.12. The van der Waals surface area contributed by atoms with Crippen molar-refractivity contribution in [2.24, 2.45) is 5.92 Å². The van der Waals surface area contributed by atoms with E-state index < -0.39 is 10.0 Å². The second-order valence-electron chi connectivity index (χ2n) is 7.29. The predicted molar refractivity (Wildman–Crippen MR) is 118 cm³/mol. The number of rotatable bonds is 3. The second-order valence-corrected chi connectivity index (χ2v) is 11.0. The number of benzene rings is 2. The first kappa shape index (κ1) is 21.1. The topological polar surface area (TPSA) is 57.7 Å². The molecule has 0 bridgehead atoms. The summed E-state index contributed by atoms with van der Waals surface area (Å²) in [6, 6.07) is 10.3. The zero-order chi connectivity index (χ0) is 20.8. The molecule has 0 N–H and O–H groups in total. The van der Waals surface area contributed by atoms with Gasteiger partial charge in [-0.3, -0.25) is 4.79 Å². The molecular weight excluding hydrogens is 499 g/mol. The maximum absolute atomic E-state index is 13.2. The number of halogens is 3. The highest BCUT2D eigenvalue weighted by Gasteiger charge is 2.37. The van der Waals surface area contributed by atoms with Crippen LogP contribution < -0.4 is 4.90 Å². The van der Waals surface area contributed by atoms with E-state index in [-0.39, 0.29) is 28.3 Å². The van der Waals surface area contributed by atoms with Gasteiger partial charge < -0.3 is 4.90 Å². The molecule has 154 valence electrons. The van der Waals surface area contributed by atoms with Crippen LogP contribution in [0.4, 0.5) is 5.69 Å². The first-order valence-corrected chi connectivity index (χ1v) is 12.3. The van der Waals surface area contributed by atoms with Gasteiger partial charge in [0.05, 0.1) is 10.9 Å². The van der Waals surface area contributed by atoms with Crippen LogP contribution in [-0.4, -0.2) is 38.3 Å². The summed E-state index contributed by atoms with van der Waals surface area (Å²) in [6.45, 7) is 1.12. The number of piperidine rings is 1. The van der Waals surface area contributed by atoms with Crippen molar-refractivity contribution in [1.29, 1.82) is 0 Å². The largest absolute Gasteiger partial charge is 0.312 e. The Morgan fingerprint density at radius 3 is 2.69 bits per heavy atom. The average Bonchev–Trinajstić information content (AvgIpc) is 3.12. The number of nitrogens with zero attached hydrogens (tertiary/aromatic N) is 2. The van der Waals surface area contributed by atoms with Crippen LogP contribution in [0.25, 0.3) is 0 Å². The Kier molecular flexibility index (Phi) is 5.97. The molecule has 1 atom stereocenters. The fraction of sp³-hybridized carbons (Fsp3) is 0.350. The van der Waals surface area contributed by atoms with Gasteiger partial charge in [-0.2, -0.15) is 4.31 Å². The Bertz CT molecular complexity index is 1080. The van der Waals surface area contributed by atoms with E-state index in [4.69, 9.17) is 23.2 Å². The second kappa shape index (κ2) is 8.19. The van der Waals surface area contributed by atoms with E-state index in [2.05, 4.69) is 15.9 Å². The molecule has 1 unspecified atom stereocenters. The minimum atomic E-state index is -3.83. The Labute approximate surface area is 188 Å². The van der Waals surface area contributed by atoms with E-state index in [1.54, 1.807) is 11.0 Å². The molecule has 1 amide bonds. The summed E-state index contributed by atoms with van der Waals surface area (Å²) in [7, 11) is -3.83. The van der Waals surface area contributed by atoms with Crippen molar-refractivity contribution in [2.45, 2.75) is 24.2 Å². The van der Waals surface area contributed by atoms with Crippen molar-refractivity contribution >= 4 is 60.7 Å². The molecule has 2 aromatic rings. The molecule has 2 aliphatic heterocycles. The molecule has 0 spiro atoms. The van der Waals surface area contributed by atoms with Gasteiger partial charge in [0, 0.05) is 34.8 Å². The quantitative estimate of drug-likeness (QED) is 0.590. The molecule has 5 nitrogen and oxygen atoms in total. The fourth-order valence-electron chi connectivity index (χ4n) is 4.00. The number of sulfonamides is 1. The molecule has 1 saturated heterocycles. The maximum atomic E-state index is 13.2. The lowest BCUT2D eigenvalue weighted by atomic mass is 9.98. The number of hydrogen-bond acceptors (Lipinski definition) is 3. The Balaban J connectivity index is 1.56. The van der Waals surface area contributed by atoms with Crippen LogP contribution in [0.15, 0.2) is 45.8 Å². The highest BCUT2D eigenvalue weighted by atomic mass is 79.9. The molecule has 4 rings (SSSR count). The van der Waals surface area contributed by atoms with Crippen LogP contribution in [0.5, 0.6) is 0 Å². The number of anilines is 1. The van der Waals surface area contributed by atoms with Crippen LogP contribution in [0.3, 0.4) is 0 Å². The summed E-state index contributed by atoms with van der Waals surface area (Å²) in [5, 5.41) is 0.430. The first-order valence-electron chi connectivity index (χ1n) is 9.32. The van der Waals surface area contributed by atoms with E-state index in [9.17, 15) is 13.2 Å². The van der Waals surface area contributed by atoms with Gasteiger partial charge in [0.25, 0.3) is 0 Å². The van der Waals surface area contributed by atoms with Gasteiger partial charge >= 0.3 is 0 Å². The number of carbonyl (C=O) groups excluding carboxylic acids is 1. The van der Waals surface area contributed by atoms with Crippen LogP contribution in [0, 0.1) is 5.92 Å². The monoisotopic (exact) mass is 516 g/mol. The van der Waals surface area contributed by atoms with Crippen molar-refractivity contribution in [1.82, 2.24) is 4.31 Å². The molecule has 29 heavy (non-hydrogen) atoms. The molecule has 0 saturated carbocycles. The average molecular weight is 518 g/mol. The summed E-state index contributed by atoms with van der Waals surface area (Å²) in [5.41, 5.74) is 2.04. The lowest BCUT2D eigenvalue weighted by molar-refractivity contribution is -0.123. The van der Waals surface area contributed by atoms with E-state index in [1.165, 1.54) is 16.4 Å². The Morgan fingerprint density at radius 2 is 1.90 bits per heavy atom. The van der Waals surface area contributed by atoms with Crippen molar-refractivity contribution in [3.8, 4) is 0 Å². The van der Waals surface area contributed by atoms with Gasteiger partial charge in [0.2, 0.25) is 15.9 Å². The zero-order valence-electron chi connectivity index (χ0n) is 15.4. The number of fused-ring (bicyclic) bond motifs is 1. The summed E-state index contributed by atoms with van der Waals surface area (Å²) in [6.07, 6.45) is 2.08. The summed E-state index contributed by atoms with van der Waals surface area (Å²) < 4.78 is 28.6. The molecule has 2 heterocycles. The highest BCUT2D eigenvalue weighted by Crippen LogP contribution is 2.34. The molecule has 9 heteroatoms. The van der Waals surface area contributed by atoms with E-state index in [0.717, 1.165) is 22.1 Å². The van der Waals surface area contributed by atoms with Crippen molar-refractivity contribution in [2.75, 3.05) is 24.5 Å². The van der Waals surface area contributed by atoms with Crippen molar-refractivity contribution in [3.63, 3.8) is 0 Å². The standard InChI is InChI=1S/C20H19BrCl2N2O3S/c21-15-3-6-18-13(10-15)7-9-25(18)20(26)14-2-1-8-24(12-14)29(27,28)19-11-16(22)4-5-17(19)23/h3-6,10-11,14H,1-2,7-9,12H2. The van der Waals surface area contributed by atoms with Crippen molar-refractivity contribution < 1.29 is 13.2 Å². The minimum absolute atomic E-state index is 0.0175. The molecule has 2 aromatic carbocycles. The SMILES string of the molecule is O=C(C1CCCN(S(=O)(=O)c2cc(Cl)ccc2Cl)C1)N1CCc2cc(Br)ccc21. The number of carbonyl (C=O) groups is 1. The minimum Gasteiger partial charge on any atom is -0.312 e. The van der Waals surface area contributed by atoms with Gasteiger partial charge in [0.1, 0.15) is 4.90 Å². The third kappa shape index (κ3) is 4.08. The van der Waals surface area contributed by atoms with E-state index in [1.807, 2.05) is 18.2 Å². The lowest BCUT2D eigenvalue weighted by Crippen LogP contribution is -2.46. The normalized spacial score (nSPS) is 20.0. The molecule has 0 aliphatic carbocycles. The number of amides is 1. The van der Waals surface area contributed by atoms with Crippen LogP contribution in [-0.2, 0) is 21.2 Å². The molecule has 1 fully saturated rings. The summed E-state index contributed by atoms with van der Waals surface area (Å²) in [4.78, 5) is 15.0. The van der Waals surface area contributed by atoms with Crippen LogP contribution in [0.1, 0.15) is 18.4 Å². The third-order valence-electron chi connectivity index (χ3n) is 5.45. The fourth-order valence-corrected chi connectivity index (χ4v) is 6.67. The van der Waals surface area contributed by atoms with E-state index >= 15 is 0 Å². The molecule has 0 aromatic heterocycles. The zero-order valence-corrected chi connectivity index (χ0v) is 19.4. The van der Waals surface area contributed by atoms with Crippen LogP contribution in [0.2, 0.25) is 10.0 Å². The molecular formula is C20H19BrCl2N2O3S. The van der Waals surface area contributed by atoms with Gasteiger partial charge in [-0.25, -0.2) is 8.42 Å². The summed E-state index contributed by atoms with van der Waals surface area (Å²) in [5.74, 6) is -0.408. The lowest BCUT2D eigenvalue weighted by Gasteiger charge is -2.33. The molecule has 2 aliphatic rings. The van der Waals surface area contributed by atoms with Gasteiger partial charge in [-0.1, -0.05) is 39.1 Å².